The summed E-state index contributed by atoms with van der Waals surface area (Å²) in [7, 11) is 1.59. The Hall–Kier alpha value is -3.66. The van der Waals surface area contributed by atoms with Gasteiger partial charge in [0.2, 0.25) is 0 Å². The second-order valence-corrected chi connectivity index (χ2v) is 11.5. The van der Waals surface area contributed by atoms with Crippen LogP contribution < -0.4 is 24.4 Å². The van der Waals surface area contributed by atoms with Crippen molar-refractivity contribution in [3.8, 4) is 11.5 Å². The standard InChI is InChI=1S/C31H26BrClN2O5S/c1-4-39-30(37)27-18(2)34-31-35(28(27)21-8-12-23(38-3)13-9-21)29(36)26(41-31)16-20-7-14-25(24(32)15-20)40-17-19-5-10-22(33)11-6-19/h5-16,28H,4,17H2,1-3H3/b26-16-/t28-/m0/s1. The lowest BCUT2D eigenvalue weighted by molar-refractivity contribution is -0.139. The molecule has 0 N–H and O–H groups in total. The molecule has 0 aliphatic carbocycles. The predicted molar refractivity (Wildman–Crippen MR) is 163 cm³/mol. The number of carbonyl (C=O) groups excluding carboxylic acids is 1. The van der Waals surface area contributed by atoms with E-state index in [1.807, 2.05) is 60.7 Å². The Kier molecular flexibility index (Phi) is 8.77. The van der Waals surface area contributed by atoms with Gasteiger partial charge in [0.1, 0.15) is 18.1 Å². The van der Waals surface area contributed by atoms with E-state index in [1.165, 1.54) is 11.3 Å². The average Bonchev–Trinajstić information content (AvgIpc) is 3.26. The molecule has 0 saturated heterocycles. The minimum absolute atomic E-state index is 0.212. The molecule has 0 fully saturated rings. The molecule has 1 aliphatic rings. The zero-order valence-corrected chi connectivity index (χ0v) is 25.7. The highest BCUT2D eigenvalue weighted by atomic mass is 79.9. The Bertz CT molecular complexity index is 1810. The number of nitrogens with zero attached hydrogens (tertiary/aromatic N) is 2. The van der Waals surface area contributed by atoms with Gasteiger partial charge in [0, 0.05) is 5.02 Å². The van der Waals surface area contributed by atoms with Crippen molar-refractivity contribution in [2.75, 3.05) is 13.7 Å². The Morgan fingerprint density at radius 1 is 1.12 bits per heavy atom. The van der Waals surface area contributed by atoms with Crippen molar-refractivity contribution in [1.29, 1.82) is 0 Å². The molecule has 41 heavy (non-hydrogen) atoms. The molecule has 1 atom stereocenters. The van der Waals surface area contributed by atoms with E-state index in [9.17, 15) is 9.59 Å². The third-order valence-corrected chi connectivity index (χ3v) is 8.36. The summed E-state index contributed by atoms with van der Waals surface area (Å²) in [6, 6.07) is 19.7. The van der Waals surface area contributed by atoms with Crippen LogP contribution in [0.1, 0.15) is 36.6 Å². The average molecular weight is 654 g/mol. The van der Waals surface area contributed by atoms with Gasteiger partial charge < -0.3 is 14.2 Å². The van der Waals surface area contributed by atoms with Crippen molar-refractivity contribution < 1.29 is 19.0 Å². The molecule has 0 saturated carbocycles. The van der Waals surface area contributed by atoms with Gasteiger partial charge in [0.05, 0.1) is 40.0 Å². The molecule has 210 valence electrons. The van der Waals surface area contributed by atoms with Gasteiger partial charge in [-0.05, 0) is 88.9 Å². The number of halogens is 2. The van der Waals surface area contributed by atoms with Crippen LogP contribution in [0.4, 0.5) is 0 Å². The van der Waals surface area contributed by atoms with Crippen LogP contribution in [0.25, 0.3) is 6.08 Å². The number of hydrogen-bond acceptors (Lipinski definition) is 7. The minimum Gasteiger partial charge on any atom is -0.497 e. The Morgan fingerprint density at radius 2 is 1.85 bits per heavy atom. The molecule has 0 radical (unpaired) electrons. The molecule has 0 unspecified atom stereocenters. The number of carbonyl (C=O) groups is 1. The fourth-order valence-electron chi connectivity index (χ4n) is 4.51. The molecule has 5 rings (SSSR count). The highest BCUT2D eigenvalue weighted by Gasteiger charge is 2.33. The van der Waals surface area contributed by atoms with E-state index < -0.39 is 12.0 Å². The molecular formula is C31H26BrClN2O5S. The fraction of sp³-hybridized carbons (Fsp3) is 0.194. The van der Waals surface area contributed by atoms with Crippen molar-refractivity contribution in [2.45, 2.75) is 26.5 Å². The van der Waals surface area contributed by atoms with E-state index in [1.54, 1.807) is 37.7 Å². The number of ether oxygens (including phenoxy) is 3. The number of allylic oxidation sites excluding steroid dienone is 1. The Balaban J connectivity index is 1.51. The fourth-order valence-corrected chi connectivity index (χ4v) is 6.19. The molecule has 1 aliphatic heterocycles. The van der Waals surface area contributed by atoms with Crippen LogP contribution in [-0.2, 0) is 16.1 Å². The van der Waals surface area contributed by atoms with Gasteiger partial charge in [-0.15, -0.1) is 0 Å². The number of methoxy groups -OCH3 is 1. The number of esters is 1. The van der Waals surface area contributed by atoms with E-state index in [0.29, 0.717) is 43.7 Å². The lowest BCUT2D eigenvalue weighted by Crippen LogP contribution is -2.39. The van der Waals surface area contributed by atoms with Crippen molar-refractivity contribution in [3.63, 3.8) is 0 Å². The van der Waals surface area contributed by atoms with Gasteiger partial charge in [0.25, 0.3) is 5.56 Å². The monoisotopic (exact) mass is 652 g/mol. The number of benzene rings is 3. The van der Waals surface area contributed by atoms with Crippen LogP contribution >= 0.6 is 38.9 Å². The summed E-state index contributed by atoms with van der Waals surface area (Å²) in [6.07, 6.45) is 1.81. The maximum absolute atomic E-state index is 13.8. The zero-order chi connectivity index (χ0) is 29.1. The van der Waals surface area contributed by atoms with Gasteiger partial charge >= 0.3 is 5.97 Å². The third kappa shape index (κ3) is 6.17. The Morgan fingerprint density at radius 3 is 2.51 bits per heavy atom. The van der Waals surface area contributed by atoms with Crippen LogP contribution in [0.15, 0.2) is 92.3 Å². The molecule has 3 aromatic carbocycles. The summed E-state index contributed by atoms with van der Waals surface area (Å²) in [5.41, 5.74) is 3.16. The topological polar surface area (TPSA) is 79.1 Å². The second kappa shape index (κ2) is 12.5. The maximum Gasteiger partial charge on any atom is 0.338 e. The number of hydrogen-bond donors (Lipinski definition) is 0. The third-order valence-electron chi connectivity index (χ3n) is 6.51. The number of thiazole rings is 1. The molecule has 0 amide bonds. The summed E-state index contributed by atoms with van der Waals surface area (Å²) in [4.78, 5) is 32.0. The molecule has 10 heteroatoms. The van der Waals surface area contributed by atoms with Crippen LogP contribution in [0, 0.1) is 0 Å². The van der Waals surface area contributed by atoms with E-state index in [4.69, 9.17) is 25.8 Å². The molecule has 0 bridgehead atoms. The molecular weight excluding hydrogens is 628 g/mol. The van der Waals surface area contributed by atoms with Gasteiger partial charge in [-0.3, -0.25) is 9.36 Å². The summed E-state index contributed by atoms with van der Waals surface area (Å²) >= 11 is 10.8. The van der Waals surface area contributed by atoms with E-state index in [-0.39, 0.29) is 12.2 Å². The highest BCUT2D eigenvalue weighted by Crippen LogP contribution is 2.32. The minimum atomic E-state index is -0.686. The molecule has 1 aromatic heterocycles. The SMILES string of the molecule is CCOC(=O)C1=C(C)N=c2s/c(=C\c3ccc(OCc4ccc(Cl)cc4)c(Br)c3)c(=O)n2[C@H]1c1ccc(OC)cc1. The van der Waals surface area contributed by atoms with E-state index in [2.05, 4.69) is 20.9 Å². The quantitative estimate of drug-likeness (QED) is 0.225. The number of fused-ring (bicyclic) bond motifs is 1. The van der Waals surface area contributed by atoms with Crippen LogP contribution in [0.3, 0.4) is 0 Å². The molecule has 0 spiro atoms. The van der Waals surface area contributed by atoms with Gasteiger partial charge in [0.15, 0.2) is 4.80 Å². The predicted octanol–water partition coefficient (Wildman–Crippen LogP) is 5.80. The van der Waals surface area contributed by atoms with E-state index >= 15 is 0 Å². The summed E-state index contributed by atoms with van der Waals surface area (Å²) < 4.78 is 19.4. The number of rotatable bonds is 8. The van der Waals surface area contributed by atoms with Crippen LogP contribution in [0.5, 0.6) is 11.5 Å². The Labute approximate surface area is 254 Å². The first-order valence-corrected chi connectivity index (χ1v) is 14.8. The largest absolute Gasteiger partial charge is 0.497 e. The van der Waals surface area contributed by atoms with Gasteiger partial charge in [-0.2, -0.15) is 0 Å². The van der Waals surface area contributed by atoms with Crippen molar-refractivity contribution in [1.82, 2.24) is 4.57 Å². The first kappa shape index (κ1) is 28.9. The van der Waals surface area contributed by atoms with Crippen molar-refractivity contribution in [3.05, 3.63) is 124 Å². The first-order chi connectivity index (χ1) is 19.8. The van der Waals surface area contributed by atoms with Crippen LogP contribution in [0.2, 0.25) is 5.02 Å². The zero-order valence-electron chi connectivity index (χ0n) is 22.5. The first-order valence-electron chi connectivity index (χ1n) is 12.8. The molecule has 2 heterocycles. The van der Waals surface area contributed by atoms with Crippen molar-refractivity contribution >= 4 is 50.9 Å². The molecule has 7 nitrogen and oxygen atoms in total. The smallest absolute Gasteiger partial charge is 0.338 e. The van der Waals surface area contributed by atoms with Gasteiger partial charge in [-0.25, -0.2) is 9.79 Å². The lowest BCUT2D eigenvalue weighted by atomic mass is 9.96. The number of aromatic nitrogens is 1. The molecule has 4 aromatic rings. The van der Waals surface area contributed by atoms with Crippen LogP contribution in [-0.4, -0.2) is 24.3 Å². The summed E-state index contributed by atoms with van der Waals surface area (Å²) in [6.45, 7) is 4.11. The summed E-state index contributed by atoms with van der Waals surface area (Å²) in [5, 5.41) is 0.673. The normalized spacial score (nSPS) is 14.9. The van der Waals surface area contributed by atoms with Gasteiger partial charge in [-0.1, -0.05) is 53.3 Å². The van der Waals surface area contributed by atoms with E-state index in [0.717, 1.165) is 21.2 Å². The van der Waals surface area contributed by atoms with Crippen molar-refractivity contribution in [2.24, 2.45) is 4.99 Å². The second-order valence-electron chi connectivity index (χ2n) is 9.18. The lowest BCUT2D eigenvalue weighted by Gasteiger charge is -2.24. The maximum atomic E-state index is 13.8. The highest BCUT2D eigenvalue weighted by molar-refractivity contribution is 9.10. The summed E-state index contributed by atoms with van der Waals surface area (Å²) in [5.74, 6) is 0.848.